The van der Waals surface area contributed by atoms with Crippen LogP contribution in [0.15, 0.2) is 29.2 Å². The van der Waals surface area contributed by atoms with E-state index in [4.69, 9.17) is 5.11 Å². The molecule has 0 bridgehead atoms. The maximum Gasteiger partial charge on any atom is 0.391 e. The van der Waals surface area contributed by atoms with E-state index in [9.17, 15) is 31.2 Å². The SMILES string of the molecule is O=C(NC(CC(F)(F)F)C(=O)O)c1ccc(S(=O)(=O)C2CCCC2)cc1. The second-order valence-corrected chi connectivity index (χ2v) is 8.39. The van der Waals surface area contributed by atoms with Crippen molar-refractivity contribution in [1.29, 1.82) is 0 Å². The number of benzene rings is 1. The molecule has 0 radical (unpaired) electrons. The number of carboxylic acids is 1. The number of sulfone groups is 1. The summed E-state index contributed by atoms with van der Waals surface area (Å²) in [7, 11) is -3.52. The Morgan fingerprint density at radius 1 is 1.15 bits per heavy atom. The number of carbonyl (C=O) groups excluding carboxylic acids is 1. The van der Waals surface area contributed by atoms with Crippen LogP contribution in [0.3, 0.4) is 0 Å². The first kappa shape index (κ1) is 20.2. The summed E-state index contributed by atoms with van der Waals surface area (Å²) >= 11 is 0. The van der Waals surface area contributed by atoms with E-state index < -0.39 is 45.6 Å². The molecule has 2 N–H and O–H groups in total. The van der Waals surface area contributed by atoms with Crippen LogP contribution in [-0.2, 0) is 14.6 Å². The fourth-order valence-electron chi connectivity index (χ4n) is 2.86. The first-order valence-corrected chi connectivity index (χ1v) is 9.50. The van der Waals surface area contributed by atoms with Gasteiger partial charge in [0.05, 0.1) is 16.6 Å². The van der Waals surface area contributed by atoms with Crippen LogP contribution in [0.2, 0.25) is 0 Å². The van der Waals surface area contributed by atoms with Gasteiger partial charge in [0.25, 0.3) is 5.91 Å². The Bertz CT molecular complexity index is 768. The Kier molecular flexibility index (Phi) is 5.94. The number of amides is 1. The normalized spacial score (nSPS) is 17.0. The average Bonchev–Trinajstić information content (AvgIpc) is 3.08. The van der Waals surface area contributed by atoms with Gasteiger partial charge in [-0.05, 0) is 37.1 Å². The third-order valence-electron chi connectivity index (χ3n) is 4.23. The number of alkyl halides is 3. The number of nitrogens with one attached hydrogen (secondary N) is 1. The lowest BCUT2D eigenvalue weighted by Gasteiger charge is -2.16. The van der Waals surface area contributed by atoms with Gasteiger partial charge in [-0.2, -0.15) is 13.2 Å². The molecule has 144 valence electrons. The number of carbonyl (C=O) groups is 2. The van der Waals surface area contributed by atoms with Crippen molar-refractivity contribution in [2.24, 2.45) is 0 Å². The number of hydrogen-bond donors (Lipinski definition) is 2. The highest BCUT2D eigenvalue weighted by Crippen LogP contribution is 2.29. The highest BCUT2D eigenvalue weighted by Gasteiger charge is 2.36. The van der Waals surface area contributed by atoms with Crippen LogP contribution in [-0.4, -0.2) is 42.9 Å². The van der Waals surface area contributed by atoms with Gasteiger partial charge in [0.1, 0.15) is 6.04 Å². The van der Waals surface area contributed by atoms with Crippen molar-refractivity contribution in [3.8, 4) is 0 Å². The molecule has 0 saturated heterocycles. The summed E-state index contributed by atoms with van der Waals surface area (Å²) in [4.78, 5) is 22.9. The Labute approximate surface area is 148 Å². The van der Waals surface area contributed by atoms with Gasteiger partial charge in [-0.15, -0.1) is 0 Å². The van der Waals surface area contributed by atoms with Crippen molar-refractivity contribution in [2.45, 2.75) is 54.5 Å². The number of rotatable bonds is 6. The highest BCUT2D eigenvalue weighted by atomic mass is 32.2. The second-order valence-electron chi connectivity index (χ2n) is 6.16. The molecule has 26 heavy (non-hydrogen) atoms. The van der Waals surface area contributed by atoms with E-state index in [1.165, 1.54) is 12.1 Å². The molecule has 0 heterocycles. The molecule has 0 aliphatic heterocycles. The van der Waals surface area contributed by atoms with E-state index in [2.05, 4.69) is 0 Å². The van der Waals surface area contributed by atoms with Gasteiger partial charge in [-0.1, -0.05) is 12.8 Å². The van der Waals surface area contributed by atoms with Gasteiger partial charge in [0.15, 0.2) is 9.84 Å². The van der Waals surface area contributed by atoms with Crippen molar-refractivity contribution in [1.82, 2.24) is 5.32 Å². The molecule has 1 amide bonds. The van der Waals surface area contributed by atoms with Crippen LogP contribution >= 0.6 is 0 Å². The second kappa shape index (κ2) is 7.65. The molecule has 6 nitrogen and oxygen atoms in total. The fourth-order valence-corrected chi connectivity index (χ4v) is 4.71. The van der Waals surface area contributed by atoms with Gasteiger partial charge < -0.3 is 10.4 Å². The van der Waals surface area contributed by atoms with E-state index >= 15 is 0 Å². The Hall–Kier alpha value is -2.10. The molecule has 0 aromatic heterocycles. The third-order valence-corrected chi connectivity index (χ3v) is 6.50. The molecule has 1 unspecified atom stereocenters. The van der Waals surface area contributed by atoms with Crippen molar-refractivity contribution < 1.29 is 36.3 Å². The first-order valence-electron chi connectivity index (χ1n) is 7.95. The molecular formula is C16H18F3NO5S. The zero-order chi connectivity index (χ0) is 19.5. The molecule has 1 saturated carbocycles. The first-order chi connectivity index (χ1) is 12.0. The molecule has 2 rings (SSSR count). The zero-order valence-corrected chi connectivity index (χ0v) is 14.4. The Morgan fingerprint density at radius 3 is 2.15 bits per heavy atom. The molecule has 1 fully saturated rings. The molecule has 1 atom stereocenters. The van der Waals surface area contributed by atoms with Crippen LogP contribution < -0.4 is 5.32 Å². The summed E-state index contributed by atoms with van der Waals surface area (Å²) in [5.41, 5.74) is -0.121. The smallest absolute Gasteiger partial charge is 0.391 e. The molecule has 1 aromatic carbocycles. The maximum absolute atomic E-state index is 12.4. The quantitative estimate of drug-likeness (QED) is 0.774. The standard InChI is InChI=1S/C16H18F3NO5S/c17-16(18,19)9-13(15(22)23)20-14(21)10-5-7-12(8-6-10)26(24,25)11-3-1-2-4-11/h5-8,11,13H,1-4,9H2,(H,20,21)(H,22,23). The molecule has 1 aliphatic carbocycles. The largest absolute Gasteiger partial charge is 0.480 e. The third kappa shape index (κ3) is 4.96. The lowest BCUT2D eigenvalue weighted by molar-refractivity contribution is -0.157. The lowest BCUT2D eigenvalue weighted by Crippen LogP contribution is -2.43. The number of carboxylic acid groups (broad SMARTS) is 1. The van der Waals surface area contributed by atoms with Crippen molar-refractivity contribution in [3.63, 3.8) is 0 Å². The summed E-state index contributed by atoms with van der Waals surface area (Å²) in [6.07, 6.45) is -3.65. The van der Waals surface area contributed by atoms with Gasteiger partial charge in [0, 0.05) is 5.56 Å². The summed E-state index contributed by atoms with van der Waals surface area (Å²) in [6.45, 7) is 0. The minimum Gasteiger partial charge on any atom is -0.480 e. The minimum absolute atomic E-state index is 0.0334. The van der Waals surface area contributed by atoms with Crippen LogP contribution in [0, 0.1) is 0 Å². The van der Waals surface area contributed by atoms with Gasteiger partial charge in [-0.25, -0.2) is 13.2 Å². The average molecular weight is 393 g/mol. The molecule has 10 heteroatoms. The van der Waals surface area contributed by atoms with E-state index in [-0.39, 0.29) is 10.5 Å². The molecular weight excluding hydrogens is 375 g/mol. The van der Waals surface area contributed by atoms with Crippen LogP contribution in [0.1, 0.15) is 42.5 Å². The number of hydrogen-bond acceptors (Lipinski definition) is 4. The number of aliphatic carboxylic acids is 1. The van der Waals surface area contributed by atoms with Crippen molar-refractivity contribution in [3.05, 3.63) is 29.8 Å². The van der Waals surface area contributed by atoms with Gasteiger partial charge in [0.2, 0.25) is 0 Å². The maximum atomic E-state index is 12.4. The van der Waals surface area contributed by atoms with Crippen molar-refractivity contribution >= 4 is 21.7 Å². The van der Waals surface area contributed by atoms with E-state index in [0.29, 0.717) is 12.8 Å². The molecule has 1 aliphatic rings. The Balaban J connectivity index is 2.11. The summed E-state index contributed by atoms with van der Waals surface area (Å²) in [6, 6.07) is 2.61. The predicted molar refractivity (Wildman–Crippen MR) is 85.4 cm³/mol. The lowest BCUT2D eigenvalue weighted by atomic mass is 10.1. The number of halogens is 3. The molecule has 1 aromatic rings. The van der Waals surface area contributed by atoms with Crippen molar-refractivity contribution in [2.75, 3.05) is 0 Å². The predicted octanol–water partition coefficient (Wildman–Crippen LogP) is 2.54. The zero-order valence-electron chi connectivity index (χ0n) is 13.6. The fraction of sp³-hybridized carbons (Fsp3) is 0.500. The highest BCUT2D eigenvalue weighted by molar-refractivity contribution is 7.92. The van der Waals surface area contributed by atoms with E-state index in [1.807, 2.05) is 0 Å². The van der Waals surface area contributed by atoms with Crippen LogP contribution in [0.25, 0.3) is 0 Å². The van der Waals surface area contributed by atoms with Crippen LogP contribution in [0.4, 0.5) is 13.2 Å². The van der Waals surface area contributed by atoms with E-state index in [1.54, 1.807) is 5.32 Å². The monoisotopic (exact) mass is 393 g/mol. The summed E-state index contributed by atoms with van der Waals surface area (Å²) in [5.74, 6) is -2.83. The molecule has 0 spiro atoms. The van der Waals surface area contributed by atoms with E-state index in [0.717, 1.165) is 25.0 Å². The van der Waals surface area contributed by atoms with Gasteiger partial charge in [-0.3, -0.25) is 4.79 Å². The topological polar surface area (TPSA) is 101 Å². The summed E-state index contributed by atoms with van der Waals surface area (Å²) in [5, 5.41) is 10.1. The Morgan fingerprint density at radius 2 is 1.69 bits per heavy atom. The minimum atomic E-state index is -4.75. The van der Waals surface area contributed by atoms with Crippen LogP contribution in [0.5, 0.6) is 0 Å². The summed E-state index contributed by atoms with van der Waals surface area (Å²) < 4.78 is 62.0. The van der Waals surface area contributed by atoms with Gasteiger partial charge >= 0.3 is 12.1 Å².